The molecule has 1 aliphatic heterocycles. The predicted molar refractivity (Wildman–Crippen MR) is 190 cm³/mol. The van der Waals surface area contributed by atoms with E-state index in [4.69, 9.17) is 18.9 Å². The Bertz CT molecular complexity index is 1980. The number of hydrogen-bond donors (Lipinski definition) is 1. The minimum atomic E-state index is -1.40. The van der Waals surface area contributed by atoms with Gasteiger partial charge < -0.3 is 24.3 Å². The zero-order chi connectivity index (χ0) is 34.8. The lowest BCUT2D eigenvalue weighted by molar-refractivity contribution is -0.568. The summed E-state index contributed by atoms with van der Waals surface area (Å²) >= 11 is 0. The largest absolute Gasteiger partial charge is 0.374 e. The van der Waals surface area contributed by atoms with Gasteiger partial charge in [-0.3, -0.25) is 14.7 Å². The fourth-order valence-electron chi connectivity index (χ4n) is 6.24. The van der Waals surface area contributed by atoms with Crippen molar-refractivity contribution in [2.24, 2.45) is 0 Å². The van der Waals surface area contributed by atoms with Gasteiger partial charge in [0.1, 0.15) is 18.5 Å². The number of rotatable bonds is 15. The molecule has 0 aliphatic carbocycles. The molecule has 0 amide bonds. The highest BCUT2D eigenvalue weighted by Gasteiger charge is 2.55. The lowest BCUT2D eigenvalue weighted by atomic mass is 9.95. The van der Waals surface area contributed by atoms with Crippen molar-refractivity contribution in [2.45, 2.75) is 56.9 Å². The molecule has 1 fully saturated rings. The molecular weight excluding hydrogens is 648 g/mol. The minimum absolute atomic E-state index is 0.0893. The number of nitrogens with zero attached hydrogens (tertiary/aromatic N) is 5. The number of nitro groups is 1. The predicted octanol–water partition coefficient (Wildman–Crippen LogP) is 6.37. The second kappa shape index (κ2) is 16.5. The fraction of sp³-hybridized carbons (Fsp3) is 0.256. The summed E-state index contributed by atoms with van der Waals surface area (Å²) in [7, 11) is 0. The van der Waals surface area contributed by atoms with Crippen LogP contribution in [0.4, 0.5) is 5.82 Å². The van der Waals surface area contributed by atoms with Crippen molar-refractivity contribution in [3.05, 3.63) is 166 Å². The molecule has 0 bridgehead atoms. The maximum absolute atomic E-state index is 13.1. The first-order valence-corrected chi connectivity index (χ1v) is 16.8. The Morgan fingerprint density at radius 3 is 1.84 bits per heavy atom. The molecule has 2 aromatic heterocycles. The van der Waals surface area contributed by atoms with Crippen LogP contribution in [0.3, 0.4) is 0 Å². The second-order valence-corrected chi connectivity index (χ2v) is 12.2. The minimum Gasteiger partial charge on any atom is -0.374 e. The Hall–Kier alpha value is -5.53. The van der Waals surface area contributed by atoms with Gasteiger partial charge in [0, 0.05) is 11.5 Å². The van der Waals surface area contributed by atoms with Crippen LogP contribution in [0, 0.1) is 10.1 Å². The third-order valence-electron chi connectivity index (χ3n) is 8.78. The molecule has 6 aromatic rings. The molecule has 1 N–H and O–H groups in total. The number of hydrogen-bond acceptors (Lipinski definition) is 10. The van der Waals surface area contributed by atoms with Crippen molar-refractivity contribution in [1.82, 2.24) is 19.5 Å². The van der Waals surface area contributed by atoms with Crippen LogP contribution in [0.15, 0.2) is 134 Å². The second-order valence-electron chi connectivity index (χ2n) is 12.2. The number of fused-ring (bicyclic) bond motifs is 1. The lowest BCUT2D eigenvalue weighted by Gasteiger charge is -2.42. The SMILES string of the molecule is O=[N+]([O-])[C@@H]1[C@@H](OCc2ccccc2)[C@@H](OCc2ccccc2)[C@@H](COCc2ccccc2)O[C@H]1n1cnc2c(NCc3ccccc3)ncnc21. The molecule has 3 heterocycles. The molecule has 5 atom stereocenters. The van der Waals surface area contributed by atoms with E-state index in [-0.39, 0.29) is 24.7 Å². The quantitative estimate of drug-likeness (QED) is 0.0959. The summed E-state index contributed by atoms with van der Waals surface area (Å²) in [5, 5.41) is 16.5. The van der Waals surface area contributed by atoms with Gasteiger partial charge in [-0.2, -0.15) is 0 Å². The molecule has 12 heteroatoms. The number of imidazole rings is 1. The first-order valence-electron chi connectivity index (χ1n) is 16.8. The van der Waals surface area contributed by atoms with E-state index in [1.54, 1.807) is 4.57 Å². The average Bonchev–Trinajstić information content (AvgIpc) is 3.62. The monoisotopic (exact) mass is 686 g/mol. The topological polar surface area (TPSA) is 136 Å². The first-order chi connectivity index (χ1) is 25.1. The van der Waals surface area contributed by atoms with Gasteiger partial charge in [-0.15, -0.1) is 0 Å². The molecule has 260 valence electrons. The normalized spacial score (nSPS) is 20.3. The lowest BCUT2D eigenvalue weighted by Crippen LogP contribution is -2.60. The van der Waals surface area contributed by atoms with Crippen LogP contribution in [0.25, 0.3) is 11.2 Å². The van der Waals surface area contributed by atoms with Gasteiger partial charge in [0.25, 0.3) is 6.04 Å². The van der Waals surface area contributed by atoms with E-state index in [1.165, 1.54) is 12.7 Å². The Balaban J connectivity index is 1.23. The highest BCUT2D eigenvalue weighted by molar-refractivity contribution is 5.82. The summed E-state index contributed by atoms with van der Waals surface area (Å²) in [5.74, 6) is 0.500. The molecule has 51 heavy (non-hydrogen) atoms. The summed E-state index contributed by atoms with van der Waals surface area (Å²) in [5.41, 5.74) is 4.67. The van der Waals surface area contributed by atoms with Crippen LogP contribution >= 0.6 is 0 Å². The van der Waals surface area contributed by atoms with E-state index in [0.717, 1.165) is 22.3 Å². The Morgan fingerprint density at radius 1 is 0.706 bits per heavy atom. The van der Waals surface area contributed by atoms with Gasteiger partial charge in [0.2, 0.25) is 6.23 Å². The van der Waals surface area contributed by atoms with Crippen molar-refractivity contribution in [3.63, 3.8) is 0 Å². The third kappa shape index (κ3) is 8.27. The number of ether oxygens (including phenoxy) is 4. The van der Waals surface area contributed by atoms with Gasteiger partial charge in [0.15, 0.2) is 23.1 Å². The number of benzene rings is 4. The van der Waals surface area contributed by atoms with Crippen LogP contribution < -0.4 is 5.32 Å². The molecule has 7 rings (SSSR count). The maximum atomic E-state index is 13.1. The van der Waals surface area contributed by atoms with Gasteiger partial charge in [-0.25, -0.2) is 15.0 Å². The van der Waals surface area contributed by atoms with Crippen LogP contribution in [0.2, 0.25) is 0 Å². The highest BCUT2D eigenvalue weighted by atomic mass is 16.7. The highest BCUT2D eigenvalue weighted by Crippen LogP contribution is 2.37. The van der Waals surface area contributed by atoms with Gasteiger partial charge in [0.05, 0.1) is 32.8 Å². The van der Waals surface area contributed by atoms with E-state index >= 15 is 0 Å². The van der Waals surface area contributed by atoms with E-state index in [0.29, 0.717) is 30.1 Å². The molecular formula is C39H38N6O6. The van der Waals surface area contributed by atoms with Crippen molar-refractivity contribution in [2.75, 3.05) is 11.9 Å². The average molecular weight is 687 g/mol. The van der Waals surface area contributed by atoms with Gasteiger partial charge in [-0.1, -0.05) is 121 Å². The van der Waals surface area contributed by atoms with Crippen molar-refractivity contribution < 1.29 is 23.9 Å². The third-order valence-corrected chi connectivity index (χ3v) is 8.78. The summed E-state index contributed by atoms with van der Waals surface area (Å²) < 4.78 is 27.5. The molecule has 0 unspecified atom stereocenters. The summed E-state index contributed by atoms with van der Waals surface area (Å²) in [6.07, 6.45) is -0.895. The molecule has 4 aromatic carbocycles. The van der Waals surface area contributed by atoms with Crippen LogP contribution in [0.1, 0.15) is 28.5 Å². The van der Waals surface area contributed by atoms with Crippen LogP contribution in [-0.2, 0) is 45.3 Å². The smallest absolute Gasteiger partial charge is 0.285 e. The van der Waals surface area contributed by atoms with E-state index in [1.807, 2.05) is 121 Å². The Labute approximate surface area is 295 Å². The number of nitrogens with one attached hydrogen (secondary N) is 1. The van der Waals surface area contributed by atoms with E-state index < -0.39 is 30.6 Å². The van der Waals surface area contributed by atoms with Crippen LogP contribution in [0.5, 0.6) is 0 Å². The number of aromatic nitrogens is 4. The summed E-state index contributed by atoms with van der Waals surface area (Å²) in [6, 6.07) is 37.5. The van der Waals surface area contributed by atoms with E-state index in [2.05, 4.69) is 20.3 Å². The first kappa shape index (κ1) is 33.9. The Kier molecular flexibility index (Phi) is 10.9. The Morgan fingerprint density at radius 2 is 1.25 bits per heavy atom. The maximum Gasteiger partial charge on any atom is 0.285 e. The zero-order valence-corrected chi connectivity index (χ0v) is 27.8. The van der Waals surface area contributed by atoms with Crippen molar-refractivity contribution in [1.29, 1.82) is 0 Å². The molecule has 0 spiro atoms. The zero-order valence-electron chi connectivity index (χ0n) is 27.8. The molecule has 1 saturated heterocycles. The van der Waals surface area contributed by atoms with Crippen molar-refractivity contribution in [3.8, 4) is 0 Å². The molecule has 0 radical (unpaired) electrons. The molecule has 12 nitrogen and oxygen atoms in total. The van der Waals surface area contributed by atoms with Gasteiger partial charge >= 0.3 is 0 Å². The molecule has 1 aliphatic rings. The summed E-state index contributed by atoms with van der Waals surface area (Å²) in [4.78, 5) is 26.3. The van der Waals surface area contributed by atoms with Gasteiger partial charge in [-0.05, 0) is 22.3 Å². The number of anilines is 1. The van der Waals surface area contributed by atoms with E-state index in [9.17, 15) is 10.1 Å². The standard InChI is InChI=1S/C39H38N6O6/c46-45(47)34-36(50-24-31-19-11-4-12-20-31)35(49-23-30-17-9-3-10-18-30)32(25-48-22-29-15-7-2-8-16-29)51-39(34)44-27-43-33-37(41-26-42-38(33)44)40-21-28-13-5-1-6-14-28/h1-20,26-27,32,34-36,39H,21-25H2,(H,40,41,42)/t32-,34-,35+,36-,39-/m1/s1. The van der Waals surface area contributed by atoms with Crippen LogP contribution in [-0.4, -0.2) is 55.4 Å². The molecule has 0 saturated carbocycles. The summed E-state index contributed by atoms with van der Waals surface area (Å²) in [6.45, 7) is 1.25. The fourth-order valence-corrected chi connectivity index (χ4v) is 6.24. The van der Waals surface area contributed by atoms with Crippen molar-refractivity contribution >= 4 is 17.0 Å².